The summed E-state index contributed by atoms with van der Waals surface area (Å²) in [6.45, 7) is 3.79. The normalized spacial score (nSPS) is 25.1. The summed E-state index contributed by atoms with van der Waals surface area (Å²) in [5.74, 6) is -2.10. The number of hydrogen-bond donors (Lipinski definition) is 0. The van der Waals surface area contributed by atoms with Gasteiger partial charge in [-0.05, 0) is 74.1 Å². The van der Waals surface area contributed by atoms with Crippen LogP contribution in [0.4, 0.5) is 10.1 Å². The fourth-order valence-electron chi connectivity index (χ4n) is 6.60. The van der Waals surface area contributed by atoms with Crippen LogP contribution in [0, 0.1) is 25.6 Å². The minimum atomic E-state index is -1.09. The standard InChI is InChI=1S/C34H31FN6O3/c1-20-9-13-22(14-10-20)17-24-5-3-8-27-29(24)37-41(31(27)23-15-11-21(2)12-16-23)28(42)19-39-32-30(36-38-39)33(43)40(34(32)44)26-7-4-6-25(35)18-26/h4,6-7,9-18,27,30-32H,3,5,8,19H2,1-2H3/b24-17+/t27-,30+,31-,32-/m1/s1. The number of carbonyl (C=O) groups excluding carboxylic acids is 3. The van der Waals surface area contributed by atoms with E-state index in [1.165, 1.54) is 33.8 Å². The van der Waals surface area contributed by atoms with Gasteiger partial charge in [0.25, 0.3) is 17.7 Å². The van der Waals surface area contributed by atoms with E-state index in [1.807, 2.05) is 31.2 Å². The van der Waals surface area contributed by atoms with Gasteiger partial charge in [0, 0.05) is 5.92 Å². The van der Waals surface area contributed by atoms with Crippen molar-refractivity contribution >= 4 is 35.2 Å². The Balaban J connectivity index is 1.19. The lowest BCUT2D eigenvalue weighted by Gasteiger charge is -2.30. The van der Waals surface area contributed by atoms with Crippen LogP contribution < -0.4 is 4.90 Å². The first kappa shape index (κ1) is 27.8. The second kappa shape index (κ2) is 10.9. The highest BCUT2D eigenvalue weighted by molar-refractivity contribution is 6.25. The number of nitrogens with zero attached hydrogens (tertiary/aromatic N) is 6. The third kappa shape index (κ3) is 4.80. The first-order valence-electron chi connectivity index (χ1n) is 14.8. The highest BCUT2D eigenvalue weighted by Gasteiger charge is 2.55. The van der Waals surface area contributed by atoms with Crippen LogP contribution >= 0.6 is 0 Å². The van der Waals surface area contributed by atoms with Crippen LogP contribution in [-0.2, 0) is 14.4 Å². The molecule has 3 aliphatic heterocycles. The van der Waals surface area contributed by atoms with Gasteiger partial charge in [-0.25, -0.2) is 14.3 Å². The molecule has 0 unspecified atom stereocenters. The Labute approximate surface area is 254 Å². The Morgan fingerprint density at radius 3 is 2.41 bits per heavy atom. The van der Waals surface area contributed by atoms with Crippen molar-refractivity contribution in [1.82, 2.24) is 10.0 Å². The molecular formula is C34H31FN6O3. The van der Waals surface area contributed by atoms with Crippen LogP contribution in [0.5, 0.6) is 0 Å². The van der Waals surface area contributed by atoms with Gasteiger partial charge >= 0.3 is 0 Å². The van der Waals surface area contributed by atoms with Crippen molar-refractivity contribution in [3.63, 3.8) is 0 Å². The number of allylic oxidation sites excluding steroid dienone is 1. The van der Waals surface area contributed by atoms with Crippen molar-refractivity contribution in [1.29, 1.82) is 0 Å². The molecule has 3 amide bonds. The van der Waals surface area contributed by atoms with Gasteiger partial charge in [0.2, 0.25) is 0 Å². The summed E-state index contributed by atoms with van der Waals surface area (Å²) in [6, 6.07) is 19.3. The molecule has 3 aromatic carbocycles. The predicted molar refractivity (Wildman–Crippen MR) is 163 cm³/mol. The molecule has 0 spiro atoms. The Bertz CT molecular complexity index is 1750. The number of imide groups is 1. The number of hydrogen-bond acceptors (Lipinski definition) is 7. The average Bonchev–Trinajstić information content (AvgIpc) is 3.68. The van der Waals surface area contributed by atoms with Crippen molar-refractivity contribution in [2.24, 2.45) is 21.4 Å². The van der Waals surface area contributed by atoms with Gasteiger partial charge in [-0.3, -0.25) is 19.4 Å². The lowest BCUT2D eigenvalue weighted by Crippen LogP contribution is -2.45. The Morgan fingerprint density at radius 1 is 0.955 bits per heavy atom. The molecular weight excluding hydrogens is 559 g/mol. The molecule has 4 aliphatic rings. The number of benzene rings is 3. The van der Waals surface area contributed by atoms with Crippen molar-refractivity contribution in [2.75, 3.05) is 11.4 Å². The number of aryl methyl sites for hydroxylation is 2. The zero-order chi connectivity index (χ0) is 30.5. The molecule has 0 radical (unpaired) electrons. The SMILES string of the molecule is Cc1ccc(/C=C2\CCC[C@@H]3C2=NN(C(=O)CN2N=N[C@@H]4C(=O)N(c5cccc(F)c5)C(=O)[C@@H]42)[C@@H]3c2ccc(C)cc2)cc1. The van der Waals surface area contributed by atoms with E-state index >= 15 is 0 Å². The molecule has 3 aromatic rings. The molecule has 1 aliphatic carbocycles. The van der Waals surface area contributed by atoms with Crippen molar-refractivity contribution in [3.8, 4) is 0 Å². The molecule has 1 saturated carbocycles. The van der Waals surface area contributed by atoms with E-state index in [1.54, 1.807) is 0 Å². The monoisotopic (exact) mass is 590 g/mol. The zero-order valence-corrected chi connectivity index (χ0v) is 24.4. The van der Waals surface area contributed by atoms with Crippen molar-refractivity contribution in [3.05, 3.63) is 106 Å². The molecule has 10 heteroatoms. The Morgan fingerprint density at radius 2 is 1.68 bits per heavy atom. The summed E-state index contributed by atoms with van der Waals surface area (Å²) in [6.07, 6.45) is 4.88. The zero-order valence-electron chi connectivity index (χ0n) is 24.4. The maximum absolute atomic E-state index is 14.1. The Kier molecular flexibility index (Phi) is 6.91. The lowest BCUT2D eigenvalue weighted by molar-refractivity contribution is -0.136. The van der Waals surface area contributed by atoms with Crippen LogP contribution in [0.2, 0.25) is 0 Å². The van der Waals surface area contributed by atoms with Crippen LogP contribution in [0.15, 0.2) is 93.8 Å². The van der Waals surface area contributed by atoms with Gasteiger partial charge in [-0.2, -0.15) is 10.2 Å². The fraction of sp³-hybridized carbons (Fsp3) is 0.294. The third-order valence-corrected chi connectivity index (χ3v) is 8.82. The van der Waals surface area contributed by atoms with Crippen LogP contribution in [-0.4, -0.2) is 52.1 Å². The predicted octanol–water partition coefficient (Wildman–Crippen LogP) is 5.56. The second-order valence-electron chi connectivity index (χ2n) is 11.8. The number of amides is 3. The average molecular weight is 591 g/mol. The quantitative estimate of drug-likeness (QED) is 0.364. The highest BCUT2D eigenvalue weighted by Crippen LogP contribution is 2.45. The second-order valence-corrected chi connectivity index (χ2v) is 11.8. The topological polar surface area (TPSA) is 98.0 Å². The smallest absolute Gasteiger partial charge is 0.264 e. The van der Waals surface area contributed by atoms with E-state index < -0.39 is 29.7 Å². The van der Waals surface area contributed by atoms with E-state index in [2.05, 4.69) is 47.6 Å². The van der Waals surface area contributed by atoms with Crippen LogP contribution in [0.25, 0.3) is 6.08 Å². The molecule has 3 heterocycles. The van der Waals surface area contributed by atoms with E-state index in [-0.39, 0.29) is 30.1 Å². The van der Waals surface area contributed by atoms with Gasteiger partial charge in [0.05, 0.1) is 17.4 Å². The first-order valence-corrected chi connectivity index (χ1v) is 14.8. The molecule has 0 N–H and O–H groups in total. The summed E-state index contributed by atoms with van der Waals surface area (Å²) in [5, 5.41) is 15.9. The molecule has 7 rings (SSSR count). The minimum Gasteiger partial charge on any atom is -0.271 e. The van der Waals surface area contributed by atoms with Gasteiger partial charge in [0.15, 0.2) is 12.1 Å². The summed E-state index contributed by atoms with van der Waals surface area (Å²) in [4.78, 5) is 41.6. The molecule has 44 heavy (non-hydrogen) atoms. The first-order chi connectivity index (χ1) is 21.3. The summed E-state index contributed by atoms with van der Waals surface area (Å²) >= 11 is 0. The molecule has 1 saturated heterocycles. The fourth-order valence-corrected chi connectivity index (χ4v) is 6.60. The summed E-state index contributed by atoms with van der Waals surface area (Å²) in [5.41, 5.74) is 6.51. The van der Waals surface area contributed by atoms with Gasteiger partial charge in [-0.1, -0.05) is 70.9 Å². The summed E-state index contributed by atoms with van der Waals surface area (Å²) < 4.78 is 13.9. The minimum absolute atomic E-state index is 0.0122. The van der Waals surface area contributed by atoms with Gasteiger partial charge in [0.1, 0.15) is 12.4 Å². The van der Waals surface area contributed by atoms with Gasteiger partial charge < -0.3 is 0 Å². The third-order valence-electron chi connectivity index (χ3n) is 8.82. The molecule has 2 fully saturated rings. The largest absolute Gasteiger partial charge is 0.271 e. The number of rotatable bonds is 5. The van der Waals surface area contributed by atoms with E-state index in [0.29, 0.717) is 0 Å². The van der Waals surface area contributed by atoms with Crippen LogP contribution in [0.1, 0.15) is 47.6 Å². The Hall–Kier alpha value is -4.99. The maximum Gasteiger partial charge on any atom is 0.264 e. The highest BCUT2D eigenvalue weighted by atomic mass is 19.1. The van der Waals surface area contributed by atoms with E-state index in [0.717, 1.165) is 58.2 Å². The number of fused-ring (bicyclic) bond motifs is 2. The summed E-state index contributed by atoms with van der Waals surface area (Å²) in [7, 11) is 0. The van der Waals surface area contributed by atoms with E-state index in [4.69, 9.17) is 5.10 Å². The molecule has 0 aromatic heterocycles. The van der Waals surface area contributed by atoms with Crippen LogP contribution in [0.3, 0.4) is 0 Å². The number of hydrazone groups is 1. The van der Waals surface area contributed by atoms with E-state index in [9.17, 15) is 18.8 Å². The lowest BCUT2D eigenvalue weighted by atomic mass is 9.77. The van der Waals surface area contributed by atoms with Crippen molar-refractivity contribution in [2.45, 2.75) is 51.2 Å². The number of anilines is 1. The number of carbonyl (C=O) groups is 3. The van der Waals surface area contributed by atoms with Crippen molar-refractivity contribution < 1.29 is 18.8 Å². The molecule has 9 nitrogen and oxygen atoms in total. The molecule has 0 bridgehead atoms. The molecule has 4 atom stereocenters. The molecule has 222 valence electrons. The van der Waals surface area contributed by atoms with Gasteiger partial charge in [-0.15, -0.1) is 0 Å². The number of halogens is 1. The maximum atomic E-state index is 14.1.